The van der Waals surface area contributed by atoms with Gasteiger partial charge in [0.25, 0.3) is 5.91 Å². The van der Waals surface area contributed by atoms with Crippen LogP contribution in [0.2, 0.25) is 5.02 Å². The van der Waals surface area contributed by atoms with E-state index >= 15 is 0 Å². The van der Waals surface area contributed by atoms with Gasteiger partial charge in [-0.2, -0.15) is 0 Å². The minimum atomic E-state index is -2.20. The number of esters is 1. The number of hydrogen-bond donors (Lipinski definition) is 1. The van der Waals surface area contributed by atoms with Crippen molar-refractivity contribution in [2.24, 2.45) is 0 Å². The van der Waals surface area contributed by atoms with Gasteiger partial charge in [0.05, 0.1) is 25.3 Å². The molecule has 8 nitrogen and oxygen atoms in total. The molecule has 0 saturated heterocycles. The van der Waals surface area contributed by atoms with Crippen molar-refractivity contribution in [3.63, 3.8) is 0 Å². The molecule has 1 aromatic rings. The van der Waals surface area contributed by atoms with Crippen LogP contribution in [0.15, 0.2) is 18.2 Å². The Morgan fingerprint density at radius 1 is 1.20 bits per heavy atom. The minimum Gasteiger partial charge on any atom is -0.481 e. The lowest BCUT2D eigenvalue weighted by Gasteiger charge is -2.24. The van der Waals surface area contributed by atoms with Gasteiger partial charge in [-0.1, -0.05) is 11.6 Å². The molecule has 0 spiro atoms. The van der Waals surface area contributed by atoms with Gasteiger partial charge in [0.2, 0.25) is 0 Å². The second kappa shape index (κ2) is 7.10. The number of carboxylic acids is 1. The molecular weight excluding hydrogens is 354 g/mol. The van der Waals surface area contributed by atoms with Gasteiger partial charge >= 0.3 is 18.0 Å². The Morgan fingerprint density at radius 3 is 2.40 bits per heavy atom. The predicted molar refractivity (Wildman–Crippen MR) is 86.5 cm³/mol. The highest BCUT2D eigenvalue weighted by atomic mass is 35.5. The van der Waals surface area contributed by atoms with Crippen LogP contribution >= 0.6 is 11.6 Å². The number of aliphatic carboxylic acids is 1. The van der Waals surface area contributed by atoms with Gasteiger partial charge in [-0.3, -0.25) is 14.4 Å². The van der Waals surface area contributed by atoms with Crippen LogP contribution < -0.4 is 4.90 Å². The van der Waals surface area contributed by atoms with E-state index in [1.54, 1.807) is 6.92 Å². The van der Waals surface area contributed by atoms with Crippen LogP contribution in [0.25, 0.3) is 0 Å². The summed E-state index contributed by atoms with van der Waals surface area (Å²) in [4.78, 5) is 49.8. The highest BCUT2D eigenvalue weighted by Gasteiger charge is 2.60. The smallest absolute Gasteiger partial charge is 0.421 e. The molecule has 0 bridgehead atoms. The number of hydrogen-bond acceptors (Lipinski definition) is 6. The molecule has 2 rings (SSSR count). The van der Waals surface area contributed by atoms with Crippen LogP contribution in [0.3, 0.4) is 0 Å². The number of halogens is 1. The van der Waals surface area contributed by atoms with Crippen molar-refractivity contribution in [2.75, 3.05) is 18.1 Å². The molecule has 1 unspecified atom stereocenters. The number of nitrogens with zero attached hydrogens (tertiary/aromatic N) is 1. The molecule has 1 aliphatic heterocycles. The van der Waals surface area contributed by atoms with E-state index in [0.717, 1.165) is 0 Å². The third-order valence-corrected chi connectivity index (χ3v) is 3.95. The third kappa shape index (κ3) is 3.05. The first kappa shape index (κ1) is 18.7. The Labute approximate surface area is 148 Å². The lowest BCUT2D eigenvalue weighted by atomic mass is 9.78. The number of rotatable bonds is 5. The molecule has 9 heteroatoms. The van der Waals surface area contributed by atoms with E-state index in [1.807, 2.05) is 0 Å². The SMILES string of the molecule is CCOC(=O)N1C(=O)C(CC(=O)O)(C(=O)OCC)c2cc(Cl)ccc21. The summed E-state index contributed by atoms with van der Waals surface area (Å²) < 4.78 is 9.80. The maximum absolute atomic E-state index is 13.0. The molecule has 0 saturated carbocycles. The highest BCUT2D eigenvalue weighted by molar-refractivity contribution is 6.33. The van der Waals surface area contributed by atoms with E-state index in [9.17, 15) is 24.3 Å². The first-order valence-electron chi connectivity index (χ1n) is 7.49. The van der Waals surface area contributed by atoms with E-state index in [0.29, 0.717) is 4.90 Å². The average Bonchev–Trinajstić information content (AvgIpc) is 2.77. The summed E-state index contributed by atoms with van der Waals surface area (Å²) >= 11 is 5.96. The zero-order valence-corrected chi connectivity index (χ0v) is 14.3. The number of fused-ring (bicyclic) bond motifs is 1. The Kier molecular flexibility index (Phi) is 5.32. The van der Waals surface area contributed by atoms with Gasteiger partial charge in [0, 0.05) is 10.6 Å². The molecule has 1 atom stereocenters. The Morgan fingerprint density at radius 2 is 1.84 bits per heavy atom. The maximum Gasteiger partial charge on any atom is 0.421 e. The van der Waals surface area contributed by atoms with Crippen LogP contribution in [-0.2, 0) is 29.3 Å². The van der Waals surface area contributed by atoms with Crippen LogP contribution in [0.5, 0.6) is 0 Å². The lowest BCUT2D eigenvalue weighted by molar-refractivity contribution is -0.158. The molecule has 0 radical (unpaired) electrons. The summed E-state index contributed by atoms with van der Waals surface area (Å²) in [6, 6.07) is 4.06. The number of anilines is 1. The molecule has 0 fully saturated rings. The number of imide groups is 1. The first-order valence-corrected chi connectivity index (χ1v) is 7.87. The van der Waals surface area contributed by atoms with Gasteiger partial charge in [-0.05, 0) is 32.0 Å². The Balaban J connectivity index is 2.72. The van der Waals surface area contributed by atoms with Crippen LogP contribution in [0, 0.1) is 0 Å². The largest absolute Gasteiger partial charge is 0.481 e. The van der Waals surface area contributed by atoms with Gasteiger partial charge in [0.1, 0.15) is 0 Å². The molecule has 1 heterocycles. The maximum atomic E-state index is 13.0. The Hall–Kier alpha value is -2.61. The van der Waals surface area contributed by atoms with Crippen molar-refractivity contribution in [1.29, 1.82) is 0 Å². The van der Waals surface area contributed by atoms with Gasteiger partial charge in [0.15, 0.2) is 5.41 Å². The Bertz CT molecular complexity index is 748. The number of carbonyl (C=O) groups is 4. The summed E-state index contributed by atoms with van der Waals surface area (Å²) in [7, 11) is 0. The quantitative estimate of drug-likeness (QED) is 0.625. The zero-order chi connectivity index (χ0) is 18.8. The van der Waals surface area contributed by atoms with Crippen LogP contribution in [0.1, 0.15) is 25.8 Å². The monoisotopic (exact) mass is 369 g/mol. The van der Waals surface area contributed by atoms with E-state index in [2.05, 4.69) is 0 Å². The molecule has 1 aliphatic rings. The van der Waals surface area contributed by atoms with Gasteiger partial charge in [-0.25, -0.2) is 9.69 Å². The first-order chi connectivity index (χ1) is 11.8. The second-order valence-electron chi connectivity index (χ2n) is 5.20. The summed E-state index contributed by atoms with van der Waals surface area (Å²) in [6.07, 6.45) is -1.89. The number of carbonyl (C=O) groups excluding carboxylic acids is 3. The van der Waals surface area contributed by atoms with E-state index in [-0.39, 0.29) is 29.5 Å². The molecular formula is C16H16ClNO7. The molecule has 1 aromatic carbocycles. The molecule has 1 N–H and O–H groups in total. The predicted octanol–water partition coefficient (Wildman–Crippen LogP) is 2.12. The molecule has 2 amide bonds. The van der Waals surface area contributed by atoms with Crippen LogP contribution in [-0.4, -0.2) is 42.3 Å². The lowest BCUT2D eigenvalue weighted by Crippen LogP contribution is -2.50. The fraction of sp³-hybridized carbons (Fsp3) is 0.375. The van der Waals surface area contributed by atoms with Crippen molar-refractivity contribution >= 4 is 41.2 Å². The second-order valence-corrected chi connectivity index (χ2v) is 5.63. The van der Waals surface area contributed by atoms with E-state index < -0.39 is 35.8 Å². The van der Waals surface area contributed by atoms with Gasteiger partial charge < -0.3 is 14.6 Å². The van der Waals surface area contributed by atoms with Crippen molar-refractivity contribution < 1.29 is 33.8 Å². The normalized spacial score (nSPS) is 18.7. The van der Waals surface area contributed by atoms with Crippen molar-refractivity contribution in [1.82, 2.24) is 0 Å². The van der Waals surface area contributed by atoms with Crippen molar-refractivity contribution in [3.05, 3.63) is 28.8 Å². The third-order valence-electron chi connectivity index (χ3n) is 3.72. The van der Waals surface area contributed by atoms with Crippen LogP contribution in [0.4, 0.5) is 10.5 Å². The number of ether oxygens (including phenoxy) is 2. The number of benzene rings is 1. The topological polar surface area (TPSA) is 110 Å². The fourth-order valence-electron chi connectivity index (χ4n) is 2.75. The molecule has 134 valence electrons. The standard InChI is InChI=1S/C16H16ClNO7/c1-3-24-14(22)16(8-12(19)20)10-7-9(17)5-6-11(10)18(13(16)21)15(23)25-4-2/h5-7H,3-4,8H2,1-2H3,(H,19,20). The molecule has 25 heavy (non-hydrogen) atoms. The fourth-order valence-corrected chi connectivity index (χ4v) is 2.92. The number of amides is 2. The minimum absolute atomic E-state index is 0.00102. The summed E-state index contributed by atoms with van der Waals surface area (Å²) in [5.74, 6) is -3.50. The number of carboxylic acid groups (broad SMARTS) is 1. The van der Waals surface area contributed by atoms with Gasteiger partial charge in [-0.15, -0.1) is 0 Å². The summed E-state index contributed by atoms with van der Waals surface area (Å²) in [5, 5.41) is 9.45. The van der Waals surface area contributed by atoms with Crippen molar-refractivity contribution in [2.45, 2.75) is 25.7 Å². The molecule has 0 aliphatic carbocycles. The zero-order valence-electron chi connectivity index (χ0n) is 13.6. The average molecular weight is 370 g/mol. The summed E-state index contributed by atoms with van der Waals surface area (Å²) in [6.45, 7) is 3.00. The van der Waals surface area contributed by atoms with E-state index in [4.69, 9.17) is 21.1 Å². The van der Waals surface area contributed by atoms with E-state index in [1.165, 1.54) is 25.1 Å². The summed E-state index contributed by atoms with van der Waals surface area (Å²) in [5.41, 5.74) is -2.16. The highest BCUT2D eigenvalue weighted by Crippen LogP contribution is 2.46. The van der Waals surface area contributed by atoms with Crippen molar-refractivity contribution in [3.8, 4) is 0 Å². The molecule has 0 aromatic heterocycles.